The van der Waals surface area contributed by atoms with Crippen LogP contribution in [0.15, 0.2) is 102 Å². The third-order valence-corrected chi connectivity index (χ3v) is 11.1. The molecule has 4 aromatic carbocycles. The highest BCUT2D eigenvalue weighted by atomic mass is 32.2. The molecule has 4 heteroatoms. The number of hydrogen-bond acceptors (Lipinski definition) is 3. The molecule has 0 N–H and O–H groups in total. The minimum absolute atomic E-state index is 0.00938. The maximum atomic E-state index is 13.4. The Morgan fingerprint density at radius 1 is 0.622 bits per heavy atom. The Bertz CT molecular complexity index is 1580. The Balaban J connectivity index is 1.30. The Hall–Kier alpha value is -3.21. The average Bonchev–Trinajstić information content (AvgIpc) is 3.47. The van der Waals surface area contributed by atoms with Crippen molar-refractivity contribution in [2.75, 3.05) is 0 Å². The van der Waals surface area contributed by atoms with Crippen LogP contribution in [-0.2, 0) is 14.3 Å². The second-order valence-corrected chi connectivity index (χ2v) is 12.9. The molecule has 4 aromatic rings. The van der Waals surface area contributed by atoms with Gasteiger partial charge in [0.05, 0.1) is 11.0 Å². The molecule has 4 aliphatic rings. The van der Waals surface area contributed by atoms with Crippen molar-refractivity contribution in [2.45, 2.75) is 54.4 Å². The van der Waals surface area contributed by atoms with E-state index in [0.717, 1.165) is 5.56 Å². The summed E-state index contributed by atoms with van der Waals surface area (Å²) in [7, 11) is -3.86. The van der Waals surface area contributed by atoms with E-state index in [0.29, 0.717) is 24.7 Å². The summed E-state index contributed by atoms with van der Waals surface area (Å²) in [6, 6.07) is 33.8. The first-order chi connectivity index (χ1) is 18.0. The minimum Gasteiger partial charge on any atom is -0.263 e. The molecule has 1 spiro atoms. The molecule has 0 saturated heterocycles. The van der Waals surface area contributed by atoms with Crippen LogP contribution in [0.1, 0.15) is 75.5 Å². The highest BCUT2D eigenvalue weighted by Crippen LogP contribution is 2.81. The van der Waals surface area contributed by atoms with Crippen LogP contribution < -0.4 is 0 Å². The van der Waals surface area contributed by atoms with Crippen molar-refractivity contribution < 1.29 is 12.6 Å². The van der Waals surface area contributed by atoms with Crippen molar-refractivity contribution >= 4 is 10.1 Å². The molecular weight excluding hydrogens is 476 g/mol. The van der Waals surface area contributed by atoms with Gasteiger partial charge in [-0.05, 0) is 77.1 Å². The van der Waals surface area contributed by atoms with Gasteiger partial charge in [0, 0.05) is 17.3 Å². The van der Waals surface area contributed by atoms with Crippen molar-refractivity contribution in [1.29, 1.82) is 0 Å². The van der Waals surface area contributed by atoms with Crippen LogP contribution in [0.4, 0.5) is 0 Å². The molecule has 2 unspecified atom stereocenters. The number of fused-ring (bicyclic) bond motifs is 9. The highest BCUT2D eigenvalue weighted by Gasteiger charge is 2.71. The molecule has 1 fully saturated rings. The van der Waals surface area contributed by atoms with Crippen molar-refractivity contribution in [1.82, 2.24) is 0 Å². The lowest BCUT2D eigenvalue weighted by molar-refractivity contribution is 0.0443. The second-order valence-electron chi connectivity index (χ2n) is 11.3. The normalized spacial score (nSPS) is 30.2. The van der Waals surface area contributed by atoms with Gasteiger partial charge in [0.15, 0.2) is 0 Å². The summed E-state index contributed by atoms with van der Waals surface area (Å²) in [6.07, 6.45) is 1.07. The molecular formula is C33H28O3S. The predicted molar refractivity (Wildman–Crippen MR) is 143 cm³/mol. The quantitative estimate of drug-likeness (QED) is 0.282. The second kappa shape index (κ2) is 7.43. The molecule has 0 amide bonds. The van der Waals surface area contributed by atoms with Crippen LogP contribution in [-0.4, -0.2) is 14.5 Å². The molecule has 3 nitrogen and oxygen atoms in total. The first-order valence-electron chi connectivity index (χ1n) is 13.3. The monoisotopic (exact) mass is 504 g/mol. The van der Waals surface area contributed by atoms with E-state index in [-0.39, 0.29) is 28.3 Å². The largest absolute Gasteiger partial charge is 0.297 e. The van der Waals surface area contributed by atoms with E-state index in [4.69, 9.17) is 4.18 Å². The van der Waals surface area contributed by atoms with Gasteiger partial charge in [-0.1, -0.05) is 90.5 Å². The summed E-state index contributed by atoms with van der Waals surface area (Å²) in [5.41, 5.74) is 9.52. The van der Waals surface area contributed by atoms with Gasteiger partial charge in [-0.25, -0.2) is 0 Å². The molecule has 8 rings (SSSR count). The number of rotatable bonds is 3. The maximum absolute atomic E-state index is 13.4. The first-order valence-corrected chi connectivity index (χ1v) is 14.7. The van der Waals surface area contributed by atoms with Crippen molar-refractivity contribution in [3.63, 3.8) is 0 Å². The number of hydrogen-bond donors (Lipinski definition) is 0. The van der Waals surface area contributed by atoms with Crippen LogP contribution in [0.5, 0.6) is 0 Å². The lowest BCUT2D eigenvalue weighted by Crippen LogP contribution is -2.42. The van der Waals surface area contributed by atoms with Crippen LogP contribution in [0, 0.1) is 12.3 Å². The van der Waals surface area contributed by atoms with Gasteiger partial charge in [-0.15, -0.1) is 0 Å². The Labute approximate surface area is 218 Å². The van der Waals surface area contributed by atoms with Gasteiger partial charge in [-0.2, -0.15) is 8.42 Å². The third-order valence-electron chi connectivity index (χ3n) is 9.76. The van der Waals surface area contributed by atoms with Crippen LogP contribution in [0.2, 0.25) is 0 Å². The standard InChI is InChI=1S/C33H28O3S/c1-20-14-16-22(17-15-20)37(34,35)36-21-18-29-23-8-2-4-10-25(23)31-27-12-6-7-13-28(27)32-26-11-5-3-9-24(26)30(19-21)33(29,31)32/h2-17,21,29-32H,18-19H2,1H3/t21?,29-,30+,31-,32-,33?/m1/s1. The van der Waals surface area contributed by atoms with E-state index >= 15 is 0 Å². The lowest BCUT2D eigenvalue weighted by Gasteiger charge is -2.48. The molecule has 0 heterocycles. The fourth-order valence-corrected chi connectivity index (χ4v) is 9.78. The number of benzene rings is 4. The van der Waals surface area contributed by atoms with Gasteiger partial charge in [0.25, 0.3) is 10.1 Å². The summed E-state index contributed by atoms with van der Waals surface area (Å²) in [5.74, 6) is 1.11. The maximum Gasteiger partial charge on any atom is 0.297 e. The molecule has 0 bridgehead atoms. The van der Waals surface area contributed by atoms with Gasteiger partial charge in [0.1, 0.15) is 0 Å². The van der Waals surface area contributed by atoms with Crippen LogP contribution in [0.3, 0.4) is 0 Å². The van der Waals surface area contributed by atoms with E-state index in [1.54, 1.807) is 12.1 Å². The third kappa shape index (κ3) is 2.73. The molecule has 0 aromatic heterocycles. The Morgan fingerprint density at radius 3 is 1.49 bits per heavy atom. The fourth-order valence-electron chi connectivity index (χ4n) is 8.69. The van der Waals surface area contributed by atoms with E-state index in [1.165, 1.54) is 33.4 Å². The molecule has 1 saturated carbocycles. The summed E-state index contributed by atoms with van der Waals surface area (Å²) in [5, 5.41) is 0. The van der Waals surface area contributed by atoms with E-state index in [9.17, 15) is 8.42 Å². The zero-order valence-corrected chi connectivity index (χ0v) is 21.5. The van der Waals surface area contributed by atoms with Crippen molar-refractivity contribution in [3.8, 4) is 0 Å². The summed E-state index contributed by atoms with van der Waals surface area (Å²) in [4.78, 5) is 0.237. The predicted octanol–water partition coefficient (Wildman–Crippen LogP) is 7.02. The van der Waals surface area contributed by atoms with E-state index in [1.807, 2.05) is 19.1 Å². The number of aryl methyl sites for hydroxylation is 1. The summed E-state index contributed by atoms with van der Waals surface area (Å²) in [6.45, 7) is 1.96. The first kappa shape index (κ1) is 21.8. The smallest absolute Gasteiger partial charge is 0.263 e. The molecule has 37 heavy (non-hydrogen) atoms. The SMILES string of the molecule is Cc1ccc(S(=O)(=O)OC2C[C@@H]3c4ccccc4[C@@H]4c5ccccc5[C@H]5c6ccccc6[C@H](C2)C453)cc1. The van der Waals surface area contributed by atoms with Gasteiger partial charge < -0.3 is 0 Å². The van der Waals surface area contributed by atoms with Gasteiger partial charge in [0.2, 0.25) is 0 Å². The highest BCUT2D eigenvalue weighted by molar-refractivity contribution is 7.86. The Morgan fingerprint density at radius 2 is 1.03 bits per heavy atom. The molecule has 0 radical (unpaired) electrons. The lowest BCUT2D eigenvalue weighted by atomic mass is 9.55. The zero-order valence-electron chi connectivity index (χ0n) is 20.7. The van der Waals surface area contributed by atoms with Crippen LogP contribution >= 0.6 is 0 Å². The average molecular weight is 505 g/mol. The van der Waals surface area contributed by atoms with Crippen LogP contribution in [0.25, 0.3) is 0 Å². The van der Waals surface area contributed by atoms with Gasteiger partial charge >= 0.3 is 0 Å². The zero-order chi connectivity index (χ0) is 24.9. The summed E-state index contributed by atoms with van der Waals surface area (Å²) < 4.78 is 32.9. The molecule has 184 valence electrons. The molecule has 0 aliphatic heterocycles. The summed E-state index contributed by atoms with van der Waals surface area (Å²) >= 11 is 0. The Kier molecular flexibility index (Phi) is 4.38. The van der Waals surface area contributed by atoms with Gasteiger partial charge in [-0.3, -0.25) is 4.18 Å². The fraction of sp³-hybridized carbons (Fsp3) is 0.273. The van der Waals surface area contributed by atoms with Crippen molar-refractivity contribution in [2.24, 2.45) is 5.41 Å². The van der Waals surface area contributed by atoms with E-state index < -0.39 is 10.1 Å². The molecule has 6 atom stereocenters. The minimum atomic E-state index is -3.86. The molecule has 4 aliphatic carbocycles. The van der Waals surface area contributed by atoms with E-state index in [2.05, 4.69) is 72.8 Å². The topological polar surface area (TPSA) is 43.4 Å². The van der Waals surface area contributed by atoms with Crippen molar-refractivity contribution in [3.05, 3.63) is 136 Å².